The Hall–Kier alpha value is -0.0400. The summed E-state index contributed by atoms with van der Waals surface area (Å²) >= 11 is 0. The van der Waals surface area contributed by atoms with Crippen LogP contribution < -0.4 is 5.73 Å². The normalized spacial score (nSPS) is 9.69. The van der Waals surface area contributed by atoms with Crippen molar-refractivity contribution < 1.29 is 0 Å². The van der Waals surface area contributed by atoms with Gasteiger partial charge in [-0.15, -0.1) is 0 Å². The zero-order valence-corrected chi connectivity index (χ0v) is 10.1. The minimum absolute atomic E-state index is 0.863. The second-order valence-corrected chi connectivity index (χ2v) is 4.09. The second kappa shape index (κ2) is 14.5. The standard InChI is InChI=1S/C9H21N.C3H8/c1-9(2)7-5-3-4-6-8-10;1-3-2/h9H,3-8,10H2,1-2H3;3H2,1-2H3. The van der Waals surface area contributed by atoms with Crippen LogP contribution in [0.15, 0.2) is 0 Å². The summed E-state index contributed by atoms with van der Waals surface area (Å²) in [6.07, 6.45) is 7.92. The SMILES string of the molecule is CC(C)CCCCCCN.CCC. The Bertz CT molecular complexity index is 69.5. The van der Waals surface area contributed by atoms with E-state index < -0.39 is 0 Å². The van der Waals surface area contributed by atoms with Crippen LogP contribution in [0.4, 0.5) is 0 Å². The van der Waals surface area contributed by atoms with Gasteiger partial charge in [-0.3, -0.25) is 0 Å². The molecule has 0 spiro atoms. The lowest BCUT2D eigenvalue weighted by atomic mass is 10.0. The van der Waals surface area contributed by atoms with Gasteiger partial charge in [0.2, 0.25) is 0 Å². The fourth-order valence-corrected chi connectivity index (χ4v) is 1.05. The topological polar surface area (TPSA) is 26.0 Å². The predicted molar refractivity (Wildman–Crippen MR) is 62.9 cm³/mol. The van der Waals surface area contributed by atoms with E-state index >= 15 is 0 Å². The third kappa shape index (κ3) is 24.5. The Labute approximate surface area is 85.1 Å². The molecule has 0 aromatic rings. The summed E-state index contributed by atoms with van der Waals surface area (Å²) in [5.41, 5.74) is 5.37. The molecular weight excluding hydrogens is 158 g/mol. The van der Waals surface area contributed by atoms with Crippen LogP contribution in [0.2, 0.25) is 0 Å². The maximum atomic E-state index is 5.37. The molecule has 0 saturated heterocycles. The highest BCUT2D eigenvalue weighted by Gasteiger charge is 1.92. The van der Waals surface area contributed by atoms with Gasteiger partial charge in [0.1, 0.15) is 0 Å². The number of nitrogens with two attached hydrogens (primary N) is 1. The van der Waals surface area contributed by atoms with Gasteiger partial charge in [-0.2, -0.15) is 0 Å². The van der Waals surface area contributed by atoms with Gasteiger partial charge in [0.15, 0.2) is 0 Å². The lowest BCUT2D eigenvalue weighted by Crippen LogP contribution is -1.97. The van der Waals surface area contributed by atoms with Crippen molar-refractivity contribution in [3.8, 4) is 0 Å². The number of hydrogen-bond acceptors (Lipinski definition) is 1. The van der Waals surface area contributed by atoms with E-state index in [-0.39, 0.29) is 0 Å². The Morgan fingerprint density at radius 1 is 0.923 bits per heavy atom. The van der Waals surface area contributed by atoms with E-state index in [1.807, 2.05) is 0 Å². The molecule has 0 bridgehead atoms. The molecule has 1 nitrogen and oxygen atoms in total. The molecule has 0 amide bonds. The van der Waals surface area contributed by atoms with E-state index in [1.54, 1.807) is 0 Å². The van der Waals surface area contributed by atoms with Gasteiger partial charge in [-0.1, -0.05) is 59.8 Å². The van der Waals surface area contributed by atoms with Crippen molar-refractivity contribution in [2.45, 2.75) is 66.2 Å². The molecule has 0 aromatic heterocycles. The highest BCUT2D eigenvalue weighted by molar-refractivity contribution is 4.47. The highest BCUT2D eigenvalue weighted by Crippen LogP contribution is 2.08. The number of rotatable bonds is 6. The maximum absolute atomic E-state index is 5.37. The van der Waals surface area contributed by atoms with E-state index in [0.29, 0.717) is 0 Å². The summed E-state index contributed by atoms with van der Waals surface area (Å²) < 4.78 is 0. The molecule has 0 fully saturated rings. The van der Waals surface area contributed by atoms with Crippen LogP contribution in [-0.2, 0) is 0 Å². The first-order chi connectivity index (χ1) is 6.18. The van der Waals surface area contributed by atoms with Gasteiger partial charge in [-0.05, 0) is 18.9 Å². The average Bonchev–Trinajstić information content (AvgIpc) is 2.05. The predicted octanol–water partition coefficient (Wildman–Crippen LogP) is 3.97. The first-order valence-corrected chi connectivity index (χ1v) is 5.89. The Morgan fingerprint density at radius 3 is 1.77 bits per heavy atom. The Balaban J connectivity index is 0. The molecule has 0 unspecified atom stereocenters. The molecule has 0 aliphatic heterocycles. The fraction of sp³-hybridized carbons (Fsp3) is 1.00. The molecule has 0 rings (SSSR count). The van der Waals surface area contributed by atoms with Crippen LogP contribution in [0.25, 0.3) is 0 Å². The largest absolute Gasteiger partial charge is 0.330 e. The van der Waals surface area contributed by atoms with Gasteiger partial charge < -0.3 is 5.73 Å². The van der Waals surface area contributed by atoms with Crippen molar-refractivity contribution in [1.82, 2.24) is 0 Å². The summed E-state index contributed by atoms with van der Waals surface area (Å²) in [7, 11) is 0. The molecule has 13 heavy (non-hydrogen) atoms. The zero-order valence-electron chi connectivity index (χ0n) is 10.1. The smallest absolute Gasteiger partial charge is 0.00773 e. The van der Waals surface area contributed by atoms with Crippen LogP contribution in [0.3, 0.4) is 0 Å². The van der Waals surface area contributed by atoms with Crippen molar-refractivity contribution >= 4 is 0 Å². The Morgan fingerprint density at radius 2 is 1.38 bits per heavy atom. The van der Waals surface area contributed by atoms with E-state index in [4.69, 9.17) is 5.73 Å². The Kier molecular flexibility index (Phi) is 17.2. The first-order valence-electron chi connectivity index (χ1n) is 5.89. The third-order valence-corrected chi connectivity index (χ3v) is 1.74. The lowest BCUT2D eigenvalue weighted by molar-refractivity contribution is 0.521. The van der Waals surface area contributed by atoms with Crippen molar-refractivity contribution in [1.29, 1.82) is 0 Å². The van der Waals surface area contributed by atoms with E-state index in [2.05, 4.69) is 27.7 Å². The van der Waals surface area contributed by atoms with E-state index in [1.165, 1.54) is 38.5 Å². The molecule has 0 aliphatic carbocycles. The van der Waals surface area contributed by atoms with Gasteiger partial charge in [-0.25, -0.2) is 0 Å². The number of unbranched alkanes of at least 4 members (excludes halogenated alkanes) is 3. The molecule has 0 aromatic carbocycles. The molecular formula is C12H29N. The fourth-order valence-electron chi connectivity index (χ4n) is 1.05. The van der Waals surface area contributed by atoms with E-state index in [0.717, 1.165) is 12.5 Å². The van der Waals surface area contributed by atoms with Gasteiger partial charge in [0.05, 0.1) is 0 Å². The van der Waals surface area contributed by atoms with Crippen LogP contribution in [0.5, 0.6) is 0 Å². The average molecular weight is 187 g/mol. The second-order valence-electron chi connectivity index (χ2n) is 4.09. The molecule has 0 aliphatic rings. The lowest BCUT2D eigenvalue weighted by Gasteiger charge is -2.02. The van der Waals surface area contributed by atoms with Crippen LogP contribution >= 0.6 is 0 Å². The molecule has 82 valence electrons. The highest BCUT2D eigenvalue weighted by atomic mass is 14.5. The molecule has 0 saturated carbocycles. The van der Waals surface area contributed by atoms with Crippen molar-refractivity contribution in [2.24, 2.45) is 11.7 Å². The van der Waals surface area contributed by atoms with E-state index in [9.17, 15) is 0 Å². The summed E-state index contributed by atoms with van der Waals surface area (Å²) in [6, 6.07) is 0. The molecule has 2 N–H and O–H groups in total. The van der Waals surface area contributed by atoms with Gasteiger partial charge >= 0.3 is 0 Å². The maximum Gasteiger partial charge on any atom is -0.00773 e. The minimum Gasteiger partial charge on any atom is -0.330 e. The van der Waals surface area contributed by atoms with Crippen molar-refractivity contribution in [2.75, 3.05) is 6.54 Å². The zero-order chi connectivity index (χ0) is 10.5. The first kappa shape index (κ1) is 15.4. The minimum atomic E-state index is 0.863. The molecule has 0 atom stereocenters. The summed E-state index contributed by atoms with van der Waals surface area (Å²) in [5.74, 6) is 0.873. The third-order valence-electron chi connectivity index (χ3n) is 1.74. The molecule has 0 heterocycles. The quantitative estimate of drug-likeness (QED) is 0.626. The summed E-state index contributed by atoms with van der Waals surface area (Å²) in [4.78, 5) is 0. The summed E-state index contributed by atoms with van der Waals surface area (Å²) in [5, 5.41) is 0. The van der Waals surface area contributed by atoms with Crippen LogP contribution in [-0.4, -0.2) is 6.54 Å². The number of hydrogen-bond donors (Lipinski definition) is 1. The van der Waals surface area contributed by atoms with Crippen LogP contribution in [0, 0.1) is 5.92 Å². The van der Waals surface area contributed by atoms with Gasteiger partial charge in [0.25, 0.3) is 0 Å². The van der Waals surface area contributed by atoms with Crippen LogP contribution in [0.1, 0.15) is 66.2 Å². The van der Waals surface area contributed by atoms with Crippen molar-refractivity contribution in [3.05, 3.63) is 0 Å². The van der Waals surface area contributed by atoms with Crippen molar-refractivity contribution in [3.63, 3.8) is 0 Å². The monoisotopic (exact) mass is 187 g/mol. The van der Waals surface area contributed by atoms with Gasteiger partial charge in [0, 0.05) is 0 Å². The molecule has 1 heteroatoms. The molecule has 0 radical (unpaired) electrons. The summed E-state index contributed by atoms with van der Waals surface area (Å²) in [6.45, 7) is 9.67.